The van der Waals surface area contributed by atoms with Crippen LogP contribution in [0.4, 0.5) is 17.1 Å². The smallest absolute Gasteiger partial charge is 0.143 e. The van der Waals surface area contributed by atoms with Crippen molar-refractivity contribution in [1.82, 2.24) is 0 Å². The van der Waals surface area contributed by atoms with Gasteiger partial charge in [0.05, 0.1) is 5.69 Å². The fourth-order valence-corrected chi connectivity index (χ4v) is 8.40. The number of furan rings is 1. The van der Waals surface area contributed by atoms with E-state index in [4.69, 9.17) is 4.42 Å². The fourth-order valence-electron chi connectivity index (χ4n) is 8.40. The summed E-state index contributed by atoms with van der Waals surface area (Å²) in [6.07, 6.45) is 0. The van der Waals surface area contributed by atoms with Crippen molar-refractivity contribution < 1.29 is 4.42 Å². The first kappa shape index (κ1) is 30.5. The van der Waals surface area contributed by atoms with Crippen molar-refractivity contribution >= 4 is 82.1 Å². The topological polar surface area (TPSA) is 16.4 Å². The second-order valence-electron chi connectivity index (χ2n) is 14.1. The third-order valence-corrected chi connectivity index (χ3v) is 11.0. The van der Waals surface area contributed by atoms with Crippen LogP contribution in [0.15, 0.2) is 205 Å². The summed E-state index contributed by atoms with van der Waals surface area (Å²) in [5.41, 5.74) is 9.95. The van der Waals surface area contributed by atoms with Gasteiger partial charge in [-0.25, -0.2) is 0 Å². The second-order valence-corrected chi connectivity index (χ2v) is 14.1. The summed E-state index contributed by atoms with van der Waals surface area (Å²) in [6, 6.07) is 72.3. The maximum atomic E-state index is 6.50. The highest BCUT2D eigenvalue weighted by atomic mass is 16.3. The largest absolute Gasteiger partial charge is 0.455 e. The molecule has 0 radical (unpaired) electrons. The minimum atomic E-state index is 0.908. The number of rotatable bonds is 5. The molecule has 0 saturated carbocycles. The molecule has 54 heavy (non-hydrogen) atoms. The average Bonchev–Trinajstić information content (AvgIpc) is 3.63. The highest BCUT2D eigenvalue weighted by Crippen LogP contribution is 2.43. The predicted molar refractivity (Wildman–Crippen MR) is 229 cm³/mol. The highest BCUT2D eigenvalue weighted by Gasteiger charge is 2.18. The van der Waals surface area contributed by atoms with Gasteiger partial charge in [-0.1, -0.05) is 152 Å². The van der Waals surface area contributed by atoms with Crippen LogP contribution in [0.5, 0.6) is 0 Å². The Morgan fingerprint density at radius 1 is 0.315 bits per heavy atom. The molecule has 0 unspecified atom stereocenters. The van der Waals surface area contributed by atoms with Gasteiger partial charge in [0, 0.05) is 32.9 Å². The predicted octanol–water partition coefficient (Wildman–Crippen LogP) is 15.0. The Morgan fingerprint density at radius 3 is 1.70 bits per heavy atom. The number of hydrogen-bond acceptors (Lipinski definition) is 2. The summed E-state index contributed by atoms with van der Waals surface area (Å²) in [5.74, 6) is 0. The van der Waals surface area contributed by atoms with Crippen molar-refractivity contribution in [3.8, 4) is 22.3 Å². The van der Waals surface area contributed by atoms with Crippen molar-refractivity contribution in [1.29, 1.82) is 0 Å². The van der Waals surface area contributed by atoms with Crippen LogP contribution in [0.3, 0.4) is 0 Å². The van der Waals surface area contributed by atoms with Crippen LogP contribution in [-0.4, -0.2) is 0 Å². The van der Waals surface area contributed by atoms with Gasteiger partial charge in [0.2, 0.25) is 0 Å². The Balaban J connectivity index is 1.01. The maximum Gasteiger partial charge on any atom is 0.143 e. The lowest BCUT2D eigenvalue weighted by Crippen LogP contribution is -2.10. The van der Waals surface area contributed by atoms with Gasteiger partial charge in [0.15, 0.2) is 0 Å². The zero-order valence-corrected chi connectivity index (χ0v) is 29.4. The first-order valence-corrected chi connectivity index (χ1v) is 18.5. The van der Waals surface area contributed by atoms with E-state index in [-0.39, 0.29) is 0 Å². The Hall–Kier alpha value is -7.16. The normalized spacial score (nSPS) is 11.7. The van der Waals surface area contributed by atoms with Gasteiger partial charge >= 0.3 is 0 Å². The van der Waals surface area contributed by atoms with Crippen LogP contribution in [0.2, 0.25) is 0 Å². The maximum absolute atomic E-state index is 6.50. The van der Waals surface area contributed by atoms with E-state index in [1.165, 1.54) is 54.6 Å². The van der Waals surface area contributed by atoms with Gasteiger partial charge in [0.25, 0.3) is 0 Å². The summed E-state index contributed by atoms with van der Waals surface area (Å²) >= 11 is 0. The minimum absolute atomic E-state index is 0.908. The summed E-state index contributed by atoms with van der Waals surface area (Å²) in [4.78, 5) is 2.38. The van der Waals surface area contributed by atoms with E-state index in [2.05, 4.69) is 193 Å². The third-order valence-electron chi connectivity index (χ3n) is 11.0. The highest BCUT2D eigenvalue weighted by molar-refractivity contribution is 6.16. The van der Waals surface area contributed by atoms with E-state index in [1.807, 2.05) is 12.1 Å². The van der Waals surface area contributed by atoms with Crippen LogP contribution in [0.1, 0.15) is 0 Å². The molecule has 0 aliphatic carbocycles. The molecule has 0 spiro atoms. The lowest BCUT2D eigenvalue weighted by Gasteiger charge is -2.27. The Bertz CT molecular complexity index is 3200. The van der Waals surface area contributed by atoms with Crippen LogP contribution in [0, 0.1) is 0 Å². The van der Waals surface area contributed by atoms with Gasteiger partial charge < -0.3 is 9.32 Å². The molecular weight excluding hydrogens is 655 g/mol. The van der Waals surface area contributed by atoms with E-state index in [0.29, 0.717) is 0 Å². The van der Waals surface area contributed by atoms with Crippen molar-refractivity contribution in [3.63, 3.8) is 0 Å². The number of anilines is 3. The Kier molecular flexibility index (Phi) is 6.90. The molecule has 0 aliphatic heterocycles. The van der Waals surface area contributed by atoms with Gasteiger partial charge in [-0.05, 0) is 103 Å². The molecule has 0 fully saturated rings. The summed E-state index contributed by atoms with van der Waals surface area (Å²) in [5, 5.41) is 12.0. The second kappa shape index (κ2) is 12.2. The summed E-state index contributed by atoms with van der Waals surface area (Å²) in [6.45, 7) is 0. The molecule has 0 bridgehead atoms. The third kappa shape index (κ3) is 4.88. The molecule has 10 aromatic carbocycles. The minimum Gasteiger partial charge on any atom is -0.455 e. The van der Waals surface area contributed by atoms with E-state index >= 15 is 0 Å². The van der Waals surface area contributed by atoms with E-state index in [0.717, 1.165) is 49.8 Å². The van der Waals surface area contributed by atoms with E-state index in [9.17, 15) is 0 Å². The lowest BCUT2D eigenvalue weighted by atomic mass is 9.92. The molecule has 0 aliphatic rings. The Labute approximate surface area is 312 Å². The fraction of sp³-hybridized carbons (Fsp3) is 0. The average molecular weight is 688 g/mol. The molecule has 0 N–H and O–H groups in total. The zero-order chi connectivity index (χ0) is 35.6. The molecular formula is C52H33NO. The molecule has 0 amide bonds. The van der Waals surface area contributed by atoms with Gasteiger partial charge in [-0.3, -0.25) is 0 Å². The van der Waals surface area contributed by atoms with Gasteiger partial charge in [-0.2, -0.15) is 0 Å². The standard InChI is InChI=1S/C52H33NO/c1-4-14-43-36(10-1)12-9-18-50(43)53(41-30-26-38-27-31-47-46-17-7-8-19-51(46)54-52(47)49(38)33-41)40-28-24-35(25-29-40)34-20-22-37(23-21-34)48-32-39-11-2-3-13-42(39)44-15-5-6-16-45(44)48/h1-33H. The number of fused-ring (bicyclic) bond motifs is 9. The molecule has 252 valence electrons. The summed E-state index contributed by atoms with van der Waals surface area (Å²) in [7, 11) is 0. The van der Waals surface area contributed by atoms with Crippen molar-refractivity contribution in [2.45, 2.75) is 0 Å². The van der Waals surface area contributed by atoms with Crippen LogP contribution < -0.4 is 4.90 Å². The van der Waals surface area contributed by atoms with Crippen molar-refractivity contribution in [3.05, 3.63) is 200 Å². The van der Waals surface area contributed by atoms with Crippen LogP contribution >= 0.6 is 0 Å². The van der Waals surface area contributed by atoms with Crippen LogP contribution in [0.25, 0.3) is 87.3 Å². The number of hydrogen-bond donors (Lipinski definition) is 0. The number of nitrogens with zero attached hydrogens (tertiary/aromatic N) is 1. The van der Waals surface area contributed by atoms with Gasteiger partial charge in [-0.15, -0.1) is 0 Å². The zero-order valence-electron chi connectivity index (χ0n) is 29.4. The molecule has 1 aromatic heterocycles. The van der Waals surface area contributed by atoms with E-state index in [1.54, 1.807) is 0 Å². The Morgan fingerprint density at radius 2 is 0.889 bits per heavy atom. The lowest BCUT2D eigenvalue weighted by molar-refractivity contribution is 0.672. The number of benzene rings is 10. The molecule has 11 aromatic rings. The first-order valence-electron chi connectivity index (χ1n) is 18.5. The monoisotopic (exact) mass is 687 g/mol. The first-order chi connectivity index (χ1) is 26.8. The van der Waals surface area contributed by atoms with Crippen molar-refractivity contribution in [2.75, 3.05) is 4.90 Å². The van der Waals surface area contributed by atoms with Crippen LogP contribution in [-0.2, 0) is 0 Å². The molecule has 2 nitrogen and oxygen atoms in total. The van der Waals surface area contributed by atoms with Gasteiger partial charge in [0.1, 0.15) is 11.2 Å². The molecule has 0 atom stereocenters. The summed E-state index contributed by atoms with van der Waals surface area (Å²) < 4.78 is 6.50. The molecule has 11 rings (SSSR count). The van der Waals surface area contributed by atoms with E-state index < -0.39 is 0 Å². The molecule has 0 saturated heterocycles. The molecule has 1 heterocycles. The van der Waals surface area contributed by atoms with Crippen molar-refractivity contribution in [2.24, 2.45) is 0 Å². The molecule has 2 heteroatoms. The SMILES string of the molecule is c1ccc2c(N(c3ccc(-c4ccc(-c5cc6ccccc6c6ccccc56)cc4)cc3)c3ccc4ccc5c6ccccc6oc5c4c3)cccc2c1. The number of para-hydroxylation sites is 1. The quantitative estimate of drug-likeness (QED) is 0.168.